The van der Waals surface area contributed by atoms with Crippen LogP contribution in [-0.4, -0.2) is 29.8 Å². The van der Waals surface area contributed by atoms with E-state index in [1.54, 1.807) is 0 Å². The fraction of sp³-hybridized carbons (Fsp3) is 0.529. The lowest BCUT2D eigenvalue weighted by atomic mass is 9.85. The first-order chi connectivity index (χ1) is 10.2. The Balaban J connectivity index is 1.53. The number of hydrogen-bond acceptors (Lipinski definition) is 2. The van der Waals surface area contributed by atoms with Crippen molar-refractivity contribution >= 4 is 17.5 Å². The van der Waals surface area contributed by atoms with Gasteiger partial charge < -0.3 is 10.2 Å². The van der Waals surface area contributed by atoms with Gasteiger partial charge in [0.25, 0.3) is 0 Å². The van der Waals surface area contributed by atoms with Crippen molar-refractivity contribution in [1.82, 2.24) is 4.90 Å². The Morgan fingerprint density at radius 3 is 2.29 bits per heavy atom. The highest BCUT2D eigenvalue weighted by Gasteiger charge is 2.25. The number of hydrogen-bond donors (Lipinski definition) is 1. The van der Waals surface area contributed by atoms with E-state index in [-0.39, 0.29) is 17.7 Å². The van der Waals surface area contributed by atoms with E-state index in [4.69, 9.17) is 0 Å². The summed E-state index contributed by atoms with van der Waals surface area (Å²) in [5, 5.41) is 2.95. The van der Waals surface area contributed by atoms with Gasteiger partial charge in [0, 0.05) is 24.7 Å². The fourth-order valence-corrected chi connectivity index (χ4v) is 2.87. The Bertz CT molecular complexity index is 514. The molecule has 3 rings (SSSR count). The van der Waals surface area contributed by atoms with Crippen LogP contribution in [0.4, 0.5) is 5.69 Å². The molecule has 1 aromatic rings. The molecule has 0 spiro atoms. The lowest BCUT2D eigenvalue weighted by Crippen LogP contribution is -2.29. The number of carbonyl (C=O) groups excluding carboxylic acids is 2. The average Bonchev–Trinajstić information content (AvgIpc) is 2.93. The molecule has 2 fully saturated rings. The van der Waals surface area contributed by atoms with E-state index in [1.165, 1.54) is 0 Å². The van der Waals surface area contributed by atoms with E-state index < -0.39 is 0 Å². The SMILES string of the molecule is O=C(Nc1ccc(CC(=O)N2CCCC2)cc1)C1CCC1. The molecule has 1 heterocycles. The van der Waals surface area contributed by atoms with Gasteiger partial charge in [-0.25, -0.2) is 0 Å². The fourth-order valence-electron chi connectivity index (χ4n) is 2.87. The third kappa shape index (κ3) is 3.43. The van der Waals surface area contributed by atoms with Crippen LogP contribution in [0.3, 0.4) is 0 Å². The largest absolute Gasteiger partial charge is 0.342 e. The van der Waals surface area contributed by atoms with Gasteiger partial charge in [-0.15, -0.1) is 0 Å². The quantitative estimate of drug-likeness (QED) is 0.925. The lowest BCUT2D eigenvalue weighted by molar-refractivity contribution is -0.129. The van der Waals surface area contributed by atoms with Gasteiger partial charge in [-0.3, -0.25) is 9.59 Å². The van der Waals surface area contributed by atoms with Gasteiger partial charge in [0.05, 0.1) is 6.42 Å². The van der Waals surface area contributed by atoms with Crippen LogP contribution in [0.2, 0.25) is 0 Å². The van der Waals surface area contributed by atoms with Crippen molar-refractivity contribution in [3.63, 3.8) is 0 Å². The maximum Gasteiger partial charge on any atom is 0.227 e. The topological polar surface area (TPSA) is 49.4 Å². The number of amides is 2. The number of rotatable bonds is 4. The highest BCUT2D eigenvalue weighted by atomic mass is 16.2. The van der Waals surface area contributed by atoms with Gasteiger partial charge in [0.15, 0.2) is 0 Å². The summed E-state index contributed by atoms with van der Waals surface area (Å²) in [5.41, 5.74) is 1.83. The summed E-state index contributed by atoms with van der Waals surface area (Å²) < 4.78 is 0. The number of nitrogens with zero attached hydrogens (tertiary/aromatic N) is 1. The zero-order valence-corrected chi connectivity index (χ0v) is 12.3. The Morgan fingerprint density at radius 2 is 1.71 bits per heavy atom. The number of likely N-dealkylation sites (tertiary alicyclic amines) is 1. The highest BCUT2D eigenvalue weighted by molar-refractivity contribution is 5.93. The van der Waals surface area contributed by atoms with Crippen LogP contribution in [0.25, 0.3) is 0 Å². The summed E-state index contributed by atoms with van der Waals surface area (Å²) >= 11 is 0. The first-order valence-corrected chi connectivity index (χ1v) is 7.90. The molecule has 0 unspecified atom stereocenters. The lowest BCUT2D eigenvalue weighted by Gasteiger charge is -2.24. The van der Waals surface area contributed by atoms with Crippen molar-refractivity contribution in [1.29, 1.82) is 0 Å². The molecule has 0 radical (unpaired) electrons. The third-order valence-corrected chi connectivity index (χ3v) is 4.51. The van der Waals surface area contributed by atoms with Crippen LogP contribution in [0.15, 0.2) is 24.3 Å². The summed E-state index contributed by atoms with van der Waals surface area (Å²) in [6.45, 7) is 1.79. The molecular formula is C17H22N2O2. The molecule has 1 aliphatic carbocycles. The van der Waals surface area contributed by atoms with Crippen LogP contribution in [0.1, 0.15) is 37.7 Å². The van der Waals surface area contributed by atoms with E-state index in [0.29, 0.717) is 6.42 Å². The van der Waals surface area contributed by atoms with Gasteiger partial charge in [-0.2, -0.15) is 0 Å². The molecule has 0 aromatic heterocycles. The van der Waals surface area contributed by atoms with Crippen LogP contribution in [-0.2, 0) is 16.0 Å². The Hall–Kier alpha value is -1.84. The summed E-state index contributed by atoms with van der Waals surface area (Å²) in [4.78, 5) is 25.9. The van der Waals surface area contributed by atoms with Crippen molar-refractivity contribution in [2.45, 2.75) is 38.5 Å². The molecule has 1 aromatic carbocycles. The van der Waals surface area contributed by atoms with E-state index >= 15 is 0 Å². The first kappa shape index (κ1) is 14.1. The van der Waals surface area contributed by atoms with Crippen molar-refractivity contribution in [3.8, 4) is 0 Å². The van der Waals surface area contributed by atoms with Crippen LogP contribution in [0, 0.1) is 5.92 Å². The minimum Gasteiger partial charge on any atom is -0.342 e. The normalized spacial score (nSPS) is 18.4. The summed E-state index contributed by atoms with van der Waals surface area (Å²) in [6, 6.07) is 7.65. The van der Waals surface area contributed by atoms with E-state index in [0.717, 1.165) is 56.4 Å². The predicted molar refractivity (Wildman–Crippen MR) is 81.9 cm³/mol. The van der Waals surface area contributed by atoms with Crippen LogP contribution < -0.4 is 5.32 Å². The minimum atomic E-state index is 0.127. The van der Waals surface area contributed by atoms with Crippen molar-refractivity contribution in [2.24, 2.45) is 5.92 Å². The second-order valence-electron chi connectivity index (χ2n) is 6.08. The number of benzene rings is 1. The molecule has 112 valence electrons. The molecule has 1 saturated heterocycles. The summed E-state index contributed by atoms with van der Waals surface area (Å²) in [5.74, 6) is 0.530. The zero-order valence-electron chi connectivity index (χ0n) is 12.3. The Kier molecular flexibility index (Phi) is 4.23. The number of anilines is 1. The minimum absolute atomic E-state index is 0.127. The molecule has 2 amide bonds. The van der Waals surface area contributed by atoms with Crippen LogP contribution in [0.5, 0.6) is 0 Å². The van der Waals surface area contributed by atoms with E-state index in [2.05, 4.69) is 5.32 Å². The molecule has 21 heavy (non-hydrogen) atoms. The Labute approximate surface area is 125 Å². The second kappa shape index (κ2) is 6.29. The maximum atomic E-state index is 12.1. The number of nitrogens with one attached hydrogen (secondary N) is 1. The molecule has 0 atom stereocenters. The third-order valence-electron chi connectivity index (χ3n) is 4.51. The molecule has 2 aliphatic rings. The molecule has 4 heteroatoms. The standard InChI is InChI=1S/C17H22N2O2/c20-16(19-10-1-2-11-19)12-13-6-8-15(9-7-13)18-17(21)14-4-3-5-14/h6-9,14H,1-5,10-12H2,(H,18,21). The monoisotopic (exact) mass is 286 g/mol. The van der Waals surface area contributed by atoms with Gasteiger partial charge >= 0.3 is 0 Å². The van der Waals surface area contributed by atoms with Gasteiger partial charge in [-0.05, 0) is 43.4 Å². The predicted octanol–water partition coefficient (Wildman–Crippen LogP) is 2.59. The summed E-state index contributed by atoms with van der Waals surface area (Å²) in [7, 11) is 0. The van der Waals surface area contributed by atoms with Gasteiger partial charge in [0.2, 0.25) is 11.8 Å². The van der Waals surface area contributed by atoms with E-state index in [9.17, 15) is 9.59 Å². The van der Waals surface area contributed by atoms with Crippen molar-refractivity contribution in [3.05, 3.63) is 29.8 Å². The molecule has 0 bridgehead atoms. The average molecular weight is 286 g/mol. The smallest absolute Gasteiger partial charge is 0.227 e. The summed E-state index contributed by atoms with van der Waals surface area (Å²) in [6.07, 6.45) is 5.88. The molecule has 1 aliphatic heterocycles. The van der Waals surface area contributed by atoms with Crippen molar-refractivity contribution in [2.75, 3.05) is 18.4 Å². The second-order valence-corrected chi connectivity index (χ2v) is 6.08. The van der Waals surface area contributed by atoms with E-state index in [1.807, 2.05) is 29.2 Å². The van der Waals surface area contributed by atoms with Gasteiger partial charge in [-0.1, -0.05) is 18.6 Å². The first-order valence-electron chi connectivity index (χ1n) is 7.90. The Morgan fingerprint density at radius 1 is 1.05 bits per heavy atom. The number of carbonyl (C=O) groups is 2. The highest BCUT2D eigenvalue weighted by Crippen LogP contribution is 2.27. The van der Waals surface area contributed by atoms with Gasteiger partial charge in [0.1, 0.15) is 0 Å². The maximum absolute atomic E-state index is 12.1. The van der Waals surface area contributed by atoms with Crippen molar-refractivity contribution < 1.29 is 9.59 Å². The van der Waals surface area contributed by atoms with Crippen LogP contribution >= 0.6 is 0 Å². The molecule has 1 saturated carbocycles. The zero-order chi connectivity index (χ0) is 14.7. The molecular weight excluding hydrogens is 264 g/mol. The molecule has 1 N–H and O–H groups in total. The molecule has 4 nitrogen and oxygen atoms in total.